The average Bonchev–Trinajstić information content (AvgIpc) is 3.00. The van der Waals surface area contributed by atoms with E-state index in [0.29, 0.717) is 6.61 Å². The Bertz CT molecular complexity index is 508. The maximum Gasteiger partial charge on any atom is 0.0535 e. The van der Waals surface area contributed by atoms with Crippen LogP contribution in [0.1, 0.15) is 23.3 Å². The smallest absolute Gasteiger partial charge is 0.0535 e. The molecular weight excluding hydrogens is 204 g/mol. The summed E-state index contributed by atoms with van der Waals surface area (Å²) in [6.45, 7) is 2.49. The Balaban J connectivity index is 2.24. The predicted molar refractivity (Wildman–Crippen MR) is 64.6 cm³/mol. The molecule has 78 valence electrons. The van der Waals surface area contributed by atoms with Crippen LogP contribution in [-0.2, 0) is 5.41 Å². The summed E-state index contributed by atoms with van der Waals surface area (Å²) < 4.78 is 1.35. The van der Waals surface area contributed by atoms with Gasteiger partial charge >= 0.3 is 0 Å². The Morgan fingerprint density at radius 2 is 2.07 bits per heavy atom. The number of rotatable bonds is 2. The van der Waals surface area contributed by atoms with Crippen molar-refractivity contribution < 1.29 is 5.11 Å². The van der Waals surface area contributed by atoms with Crippen LogP contribution in [0.2, 0.25) is 0 Å². The Hall–Kier alpha value is -0.860. The van der Waals surface area contributed by atoms with E-state index in [1.807, 2.05) is 11.3 Å². The quantitative estimate of drug-likeness (QED) is 0.820. The molecule has 2 aromatic rings. The van der Waals surface area contributed by atoms with Gasteiger partial charge in [0.2, 0.25) is 0 Å². The Labute approximate surface area is 93.4 Å². The van der Waals surface area contributed by atoms with E-state index >= 15 is 0 Å². The molecule has 1 heterocycles. The molecule has 1 nitrogen and oxygen atoms in total. The van der Waals surface area contributed by atoms with Crippen LogP contribution in [0.5, 0.6) is 0 Å². The standard InChI is InChI=1S/C13H14OS/c1-9-10-4-2-3-5-11(10)15-12(9)13(8-14)6-7-13/h2-5,14H,6-8H2,1H3. The SMILES string of the molecule is Cc1c(C2(CO)CC2)sc2ccccc12. The van der Waals surface area contributed by atoms with Crippen LogP contribution >= 0.6 is 11.3 Å². The van der Waals surface area contributed by atoms with Crippen LogP contribution in [0.15, 0.2) is 24.3 Å². The molecule has 15 heavy (non-hydrogen) atoms. The van der Waals surface area contributed by atoms with Gasteiger partial charge in [-0.15, -0.1) is 11.3 Å². The van der Waals surface area contributed by atoms with E-state index in [1.54, 1.807) is 0 Å². The molecule has 0 saturated heterocycles. The van der Waals surface area contributed by atoms with Gasteiger partial charge in [-0.1, -0.05) is 18.2 Å². The molecule has 2 heteroatoms. The number of hydrogen-bond acceptors (Lipinski definition) is 2. The van der Waals surface area contributed by atoms with Crippen molar-refractivity contribution in [3.05, 3.63) is 34.7 Å². The van der Waals surface area contributed by atoms with Crippen molar-refractivity contribution in [2.24, 2.45) is 0 Å². The Morgan fingerprint density at radius 1 is 1.33 bits per heavy atom. The molecule has 1 aromatic heterocycles. The van der Waals surface area contributed by atoms with Crippen LogP contribution in [0.25, 0.3) is 10.1 Å². The van der Waals surface area contributed by atoms with E-state index in [9.17, 15) is 5.11 Å². The summed E-state index contributed by atoms with van der Waals surface area (Å²) in [5.74, 6) is 0. The van der Waals surface area contributed by atoms with Gasteiger partial charge in [0, 0.05) is 15.0 Å². The van der Waals surface area contributed by atoms with Gasteiger partial charge in [0.25, 0.3) is 0 Å². The van der Waals surface area contributed by atoms with E-state index in [-0.39, 0.29) is 5.41 Å². The zero-order valence-corrected chi connectivity index (χ0v) is 9.60. The summed E-state index contributed by atoms with van der Waals surface area (Å²) in [5, 5.41) is 10.8. The highest BCUT2D eigenvalue weighted by Gasteiger charge is 2.46. The van der Waals surface area contributed by atoms with Gasteiger partial charge in [-0.05, 0) is 36.8 Å². The van der Waals surface area contributed by atoms with Gasteiger partial charge in [-0.25, -0.2) is 0 Å². The van der Waals surface area contributed by atoms with Crippen molar-refractivity contribution in [2.45, 2.75) is 25.2 Å². The second kappa shape index (κ2) is 3.06. The first-order valence-electron chi connectivity index (χ1n) is 5.36. The first-order chi connectivity index (χ1) is 7.27. The molecule has 0 spiro atoms. The second-order valence-electron chi connectivity index (χ2n) is 4.49. The van der Waals surface area contributed by atoms with Crippen molar-refractivity contribution in [3.8, 4) is 0 Å². The van der Waals surface area contributed by atoms with Gasteiger partial charge in [0.1, 0.15) is 0 Å². The molecule has 1 saturated carbocycles. The summed E-state index contributed by atoms with van der Waals surface area (Å²) in [4.78, 5) is 1.41. The third-order valence-corrected chi connectivity index (χ3v) is 5.00. The van der Waals surface area contributed by atoms with E-state index in [4.69, 9.17) is 0 Å². The van der Waals surface area contributed by atoms with Crippen LogP contribution < -0.4 is 0 Å². The van der Waals surface area contributed by atoms with Crippen molar-refractivity contribution in [2.75, 3.05) is 6.61 Å². The maximum atomic E-state index is 9.47. The summed E-state index contributed by atoms with van der Waals surface area (Å²) in [6, 6.07) is 8.52. The molecule has 1 aromatic carbocycles. The van der Waals surface area contributed by atoms with Crippen molar-refractivity contribution in [1.29, 1.82) is 0 Å². The monoisotopic (exact) mass is 218 g/mol. The van der Waals surface area contributed by atoms with Crippen molar-refractivity contribution in [3.63, 3.8) is 0 Å². The zero-order chi connectivity index (χ0) is 10.5. The van der Waals surface area contributed by atoms with E-state index in [0.717, 1.165) is 12.8 Å². The topological polar surface area (TPSA) is 20.2 Å². The van der Waals surface area contributed by atoms with Gasteiger partial charge < -0.3 is 5.11 Å². The lowest BCUT2D eigenvalue weighted by Gasteiger charge is -2.09. The first-order valence-corrected chi connectivity index (χ1v) is 6.18. The molecule has 0 radical (unpaired) electrons. The molecule has 0 amide bonds. The normalized spacial score (nSPS) is 18.3. The summed E-state index contributed by atoms with van der Waals surface area (Å²) in [7, 11) is 0. The van der Waals surface area contributed by atoms with Crippen LogP contribution in [0.4, 0.5) is 0 Å². The van der Waals surface area contributed by atoms with Gasteiger partial charge in [-0.3, -0.25) is 0 Å². The highest BCUT2D eigenvalue weighted by atomic mass is 32.1. The molecule has 0 atom stereocenters. The second-order valence-corrected chi connectivity index (χ2v) is 5.54. The molecule has 3 rings (SSSR count). The molecule has 1 aliphatic rings. The van der Waals surface area contributed by atoms with E-state index in [1.165, 1.54) is 20.5 Å². The largest absolute Gasteiger partial charge is 0.395 e. The Kier molecular flexibility index (Phi) is 1.91. The highest BCUT2D eigenvalue weighted by Crippen LogP contribution is 2.52. The van der Waals surface area contributed by atoms with Gasteiger partial charge in [-0.2, -0.15) is 0 Å². The average molecular weight is 218 g/mol. The van der Waals surface area contributed by atoms with Crippen LogP contribution in [0.3, 0.4) is 0 Å². The lowest BCUT2D eigenvalue weighted by molar-refractivity contribution is 0.256. The fourth-order valence-electron chi connectivity index (χ4n) is 2.29. The summed E-state index contributed by atoms with van der Waals surface area (Å²) >= 11 is 1.86. The molecule has 1 fully saturated rings. The number of benzene rings is 1. The maximum absolute atomic E-state index is 9.47. The number of fused-ring (bicyclic) bond motifs is 1. The van der Waals surface area contributed by atoms with Crippen molar-refractivity contribution >= 4 is 21.4 Å². The summed E-state index contributed by atoms with van der Waals surface area (Å²) in [6.07, 6.45) is 2.30. The zero-order valence-electron chi connectivity index (χ0n) is 8.79. The van der Waals surface area contributed by atoms with E-state index < -0.39 is 0 Å². The van der Waals surface area contributed by atoms with E-state index in [2.05, 4.69) is 31.2 Å². The molecule has 0 unspecified atom stereocenters. The highest BCUT2D eigenvalue weighted by molar-refractivity contribution is 7.19. The molecule has 0 bridgehead atoms. The van der Waals surface area contributed by atoms with Crippen LogP contribution in [0, 0.1) is 6.92 Å². The molecular formula is C13H14OS. The Morgan fingerprint density at radius 3 is 2.67 bits per heavy atom. The number of aryl methyl sites for hydroxylation is 1. The third-order valence-electron chi connectivity index (χ3n) is 3.48. The molecule has 1 aliphatic carbocycles. The minimum absolute atomic E-state index is 0.119. The van der Waals surface area contributed by atoms with Gasteiger partial charge in [0.05, 0.1) is 6.61 Å². The fourth-order valence-corrected chi connectivity index (χ4v) is 3.73. The first kappa shape index (κ1) is 9.37. The minimum Gasteiger partial charge on any atom is -0.395 e. The number of aliphatic hydroxyl groups is 1. The predicted octanol–water partition coefficient (Wildman–Crippen LogP) is 3.23. The van der Waals surface area contributed by atoms with Gasteiger partial charge in [0.15, 0.2) is 0 Å². The van der Waals surface area contributed by atoms with Crippen LogP contribution in [-0.4, -0.2) is 11.7 Å². The number of hydrogen-bond donors (Lipinski definition) is 1. The molecule has 0 aliphatic heterocycles. The lowest BCUT2D eigenvalue weighted by Crippen LogP contribution is -2.10. The third kappa shape index (κ3) is 1.25. The molecule has 1 N–H and O–H groups in total. The lowest BCUT2D eigenvalue weighted by atomic mass is 10.0. The fraction of sp³-hybridized carbons (Fsp3) is 0.385. The number of aliphatic hydroxyl groups excluding tert-OH is 1. The number of thiophene rings is 1. The van der Waals surface area contributed by atoms with Crippen molar-refractivity contribution in [1.82, 2.24) is 0 Å². The minimum atomic E-state index is 0.119. The summed E-state index contributed by atoms with van der Waals surface area (Å²) in [5.41, 5.74) is 1.50.